The predicted octanol–water partition coefficient (Wildman–Crippen LogP) is 12.4. The summed E-state index contributed by atoms with van der Waals surface area (Å²) in [7, 11) is 5.01. The Balaban J connectivity index is 1.07. The van der Waals surface area contributed by atoms with Gasteiger partial charge in [0.15, 0.2) is 0 Å². The van der Waals surface area contributed by atoms with Gasteiger partial charge < -0.3 is 24.2 Å². The first-order valence-corrected chi connectivity index (χ1v) is 22.0. The van der Waals surface area contributed by atoms with Gasteiger partial charge in [-0.1, -0.05) is 78.9 Å². The molecule has 0 bridgehead atoms. The number of hydrogen-bond donors (Lipinski definition) is 0. The van der Waals surface area contributed by atoms with E-state index in [1.807, 2.05) is 30.3 Å². The summed E-state index contributed by atoms with van der Waals surface area (Å²) in [6, 6.07) is 61.8. The molecule has 0 N–H and O–H groups in total. The van der Waals surface area contributed by atoms with Crippen LogP contribution in [-0.4, -0.2) is 37.1 Å². The fraction of sp³-hybridized carbons (Fsp3) is 0.0769. The van der Waals surface area contributed by atoms with Gasteiger partial charge in [0.25, 0.3) is 0 Å². The maximum atomic E-state index is 16.7. The first kappa shape index (κ1) is 34.8. The lowest BCUT2D eigenvalue weighted by atomic mass is 10.1. The number of nitrogens with zero attached hydrogens (tertiary/aromatic N) is 6. The SMILES string of the molecule is CN1c2ccccc2N(C)c2cc3c(cc21)c1ccccc1n3-c1ccc(P(=O)(c2ccccc2)n2c3ccccc3c3cc4c(cc32)N(C)c2ccccc2N4C)cc1. The Kier molecular flexibility index (Phi) is 7.33. The Morgan fingerprint density at radius 1 is 0.333 bits per heavy atom. The average Bonchev–Trinajstić information content (AvgIpc) is 3.81. The van der Waals surface area contributed by atoms with Gasteiger partial charge in [0, 0.05) is 66.0 Å². The first-order chi connectivity index (χ1) is 29.3. The zero-order valence-corrected chi connectivity index (χ0v) is 34.7. The Bertz CT molecular complexity index is 3440. The average molecular weight is 797 g/mol. The number of benzene rings is 8. The minimum absolute atomic E-state index is 0.768. The van der Waals surface area contributed by atoms with Gasteiger partial charge in [-0.15, -0.1) is 0 Å². The van der Waals surface area contributed by atoms with Gasteiger partial charge in [0.1, 0.15) is 0 Å². The van der Waals surface area contributed by atoms with E-state index >= 15 is 4.57 Å². The second kappa shape index (κ2) is 12.6. The molecule has 8 aromatic carbocycles. The summed E-state index contributed by atoms with van der Waals surface area (Å²) in [5.41, 5.74) is 14.3. The maximum absolute atomic E-state index is 16.7. The summed E-state index contributed by atoms with van der Waals surface area (Å²) in [6.07, 6.45) is 0. The van der Waals surface area contributed by atoms with E-state index in [-0.39, 0.29) is 0 Å². The molecule has 12 rings (SSSR count). The highest BCUT2D eigenvalue weighted by Gasteiger charge is 2.35. The van der Waals surface area contributed by atoms with Crippen LogP contribution < -0.4 is 30.2 Å². The largest absolute Gasteiger partial charge is 0.341 e. The van der Waals surface area contributed by atoms with E-state index < -0.39 is 7.29 Å². The molecule has 2 aliphatic rings. The summed E-state index contributed by atoms with van der Waals surface area (Å²) in [5, 5.41) is 6.08. The van der Waals surface area contributed by atoms with Crippen molar-refractivity contribution >= 4 is 107 Å². The van der Waals surface area contributed by atoms with Crippen molar-refractivity contribution in [2.45, 2.75) is 0 Å². The maximum Gasteiger partial charge on any atom is 0.234 e. The van der Waals surface area contributed by atoms with E-state index in [0.29, 0.717) is 0 Å². The molecule has 10 aromatic rings. The molecule has 4 heterocycles. The molecule has 0 fully saturated rings. The fourth-order valence-electron chi connectivity index (χ4n) is 10.0. The van der Waals surface area contributed by atoms with Gasteiger partial charge in [-0.25, -0.2) is 0 Å². The Hall–Kier alpha value is -7.21. The van der Waals surface area contributed by atoms with Gasteiger partial charge in [-0.05, 0) is 97.1 Å². The van der Waals surface area contributed by atoms with Crippen LogP contribution in [0.4, 0.5) is 45.5 Å². The summed E-state index contributed by atoms with van der Waals surface area (Å²) >= 11 is 0. The molecule has 0 spiro atoms. The topological polar surface area (TPSA) is 39.9 Å². The van der Waals surface area contributed by atoms with E-state index in [9.17, 15) is 0 Å². The molecule has 1 unspecified atom stereocenters. The molecule has 0 saturated carbocycles. The van der Waals surface area contributed by atoms with Crippen molar-refractivity contribution < 1.29 is 4.57 Å². The monoisotopic (exact) mass is 796 g/mol. The molecule has 0 amide bonds. The Morgan fingerprint density at radius 3 is 1.28 bits per heavy atom. The van der Waals surface area contributed by atoms with E-state index in [1.54, 1.807) is 0 Å². The lowest BCUT2D eigenvalue weighted by molar-refractivity contribution is 0.583. The summed E-state index contributed by atoms with van der Waals surface area (Å²) < 4.78 is 21.2. The highest BCUT2D eigenvalue weighted by Crippen LogP contribution is 2.55. The van der Waals surface area contributed by atoms with Crippen LogP contribution in [0.2, 0.25) is 0 Å². The number of para-hydroxylation sites is 6. The Labute approximate surface area is 348 Å². The smallest absolute Gasteiger partial charge is 0.234 e. The van der Waals surface area contributed by atoms with Crippen LogP contribution in [0.1, 0.15) is 0 Å². The fourth-order valence-corrected chi connectivity index (χ4v) is 12.9. The summed E-state index contributed by atoms with van der Waals surface area (Å²) in [6.45, 7) is 0. The lowest BCUT2D eigenvalue weighted by Gasteiger charge is -2.36. The molecule has 2 aliphatic heterocycles. The Morgan fingerprint density at radius 2 is 0.733 bits per heavy atom. The number of rotatable bonds is 4. The molecule has 0 saturated heterocycles. The molecular weight excluding hydrogens is 756 g/mol. The normalized spacial score (nSPS) is 14.4. The van der Waals surface area contributed by atoms with Crippen molar-refractivity contribution in [1.82, 2.24) is 8.90 Å². The number of aromatic nitrogens is 2. The van der Waals surface area contributed by atoms with Crippen LogP contribution in [0, 0.1) is 0 Å². The van der Waals surface area contributed by atoms with Crippen molar-refractivity contribution in [3.05, 3.63) is 176 Å². The minimum Gasteiger partial charge on any atom is -0.341 e. The standard InChI is InChI=1S/C52H41N6OP/c1-53-43-22-12-14-24-45(43)55(3)51-32-47-39(30-49(51)53)37-18-8-10-20-41(37)57(47)34-26-28-36(29-27-34)60(59,35-16-6-5-7-17-35)58-42-21-11-9-19-38(42)40-31-50-52(33-48(40)58)56(4)46-25-15-13-23-44(46)54(50)2/h5-33H,1-4H3. The summed E-state index contributed by atoms with van der Waals surface area (Å²) in [4.78, 5) is 9.12. The van der Waals surface area contributed by atoms with E-state index in [2.05, 4.69) is 202 Å². The van der Waals surface area contributed by atoms with Crippen LogP contribution in [0.15, 0.2) is 176 Å². The molecule has 0 aliphatic carbocycles. The van der Waals surface area contributed by atoms with Crippen molar-refractivity contribution in [2.75, 3.05) is 47.8 Å². The quantitative estimate of drug-likeness (QED) is 0.166. The highest BCUT2D eigenvalue weighted by atomic mass is 31.2. The number of hydrogen-bond acceptors (Lipinski definition) is 5. The lowest BCUT2D eigenvalue weighted by Crippen LogP contribution is -2.24. The second-order valence-corrected chi connectivity index (χ2v) is 18.6. The van der Waals surface area contributed by atoms with Crippen LogP contribution in [-0.2, 0) is 4.57 Å². The van der Waals surface area contributed by atoms with Crippen LogP contribution in [0.3, 0.4) is 0 Å². The third kappa shape index (κ3) is 4.64. The third-order valence-electron chi connectivity index (χ3n) is 13.0. The van der Waals surface area contributed by atoms with E-state index in [1.165, 1.54) is 27.8 Å². The van der Waals surface area contributed by atoms with Crippen molar-refractivity contribution in [3.8, 4) is 5.69 Å². The van der Waals surface area contributed by atoms with Gasteiger partial charge in [-0.3, -0.25) is 8.90 Å². The third-order valence-corrected chi connectivity index (χ3v) is 16.0. The van der Waals surface area contributed by atoms with Gasteiger partial charge in [0.05, 0.1) is 67.6 Å². The minimum atomic E-state index is -3.55. The highest BCUT2D eigenvalue weighted by molar-refractivity contribution is 7.77. The number of anilines is 8. The molecule has 290 valence electrons. The molecule has 0 radical (unpaired) electrons. The van der Waals surface area contributed by atoms with Crippen molar-refractivity contribution in [2.24, 2.45) is 0 Å². The van der Waals surface area contributed by atoms with E-state index in [0.717, 1.165) is 77.6 Å². The molecule has 60 heavy (non-hydrogen) atoms. The predicted molar refractivity (Wildman–Crippen MR) is 254 cm³/mol. The zero-order chi connectivity index (χ0) is 40.4. The zero-order valence-electron chi connectivity index (χ0n) is 33.8. The summed E-state index contributed by atoms with van der Waals surface area (Å²) in [5.74, 6) is 0. The van der Waals surface area contributed by atoms with E-state index in [4.69, 9.17) is 0 Å². The second-order valence-electron chi connectivity index (χ2n) is 16.0. The number of fused-ring (bicyclic) bond motifs is 10. The molecule has 1 atom stereocenters. The van der Waals surface area contributed by atoms with Gasteiger partial charge in [0.2, 0.25) is 7.29 Å². The van der Waals surface area contributed by atoms with Crippen molar-refractivity contribution in [3.63, 3.8) is 0 Å². The van der Waals surface area contributed by atoms with Crippen LogP contribution in [0.5, 0.6) is 0 Å². The van der Waals surface area contributed by atoms with Crippen LogP contribution >= 0.6 is 7.29 Å². The van der Waals surface area contributed by atoms with Gasteiger partial charge >= 0.3 is 0 Å². The molecule has 8 heteroatoms. The van der Waals surface area contributed by atoms with Crippen molar-refractivity contribution in [1.29, 1.82) is 0 Å². The molecular formula is C52H41N6OP. The van der Waals surface area contributed by atoms with Crippen LogP contribution in [0.25, 0.3) is 49.3 Å². The molecule has 2 aromatic heterocycles. The van der Waals surface area contributed by atoms with Gasteiger partial charge in [-0.2, -0.15) is 0 Å². The molecule has 7 nitrogen and oxygen atoms in total. The first-order valence-electron chi connectivity index (χ1n) is 20.4.